The van der Waals surface area contributed by atoms with Crippen LogP contribution in [-0.4, -0.2) is 73.9 Å². The summed E-state index contributed by atoms with van der Waals surface area (Å²) in [6, 6.07) is 7.68. The topological polar surface area (TPSA) is 137 Å². The van der Waals surface area contributed by atoms with Crippen molar-refractivity contribution in [1.82, 2.24) is 25.1 Å². The second-order valence-corrected chi connectivity index (χ2v) is 8.62. The average Bonchev–Trinajstić information content (AvgIpc) is 3.48. The quantitative estimate of drug-likeness (QED) is 0.338. The van der Waals surface area contributed by atoms with E-state index in [1.54, 1.807) is 17.4 Å². The minimum atomic E-state index is -1.61. The van der Waals surface area contributed by atoms with Gasteiger partial charge in [-0.05, 0) is 37.8 Å². The third-order valence-electron chi connectivity index (χ3n) is 6.07. The summed E-state index contributed by atoms with van der Waals surface area (Å²) in [7, 11) is -1.61. The van der Waals surface area contributed by atoms with Crippen molar-refractivity contribution in [2.45, 2.75) is 63.6 Å². The molecule has 0 spiro atoms. The molecule has 1 aromatic carbocycles. The highest BCUT2D eigenvalue weighted by Crippen LogP contribution is 2.23. The molecule has 4 N–H and O–H groups in total. The summed E-state index contributed by atoms with van der Waals surface area (Å²) in [5.74, 6) is -2.08. The Morgan fingerprint density at radius 1 is 1.24 bits per heavy atom. The van der Waals surface area contributed by atoms with E-state index < -0.39 is 37.0 Å². The van der Waals surface area contributed by atoms with E-state index in [0.29, 0.717) is 38.8 Å². The van der Waals surface area contributed by atoms with Gasteiger partial charge in [0.1, 0.15) is 6.04 Å². The molecule has 0 unspecified atom stereocenters. The maximum absolute atomic E-state index is 13.0. The normalized spacial score (nSPS) is 17.7. The van der Waals surface area contributed by atoms with Gasteiger partial charge in [-0.1, -0.05) is 30.3 Å². The lowest BCUT2D eigenvalue weighted by molar-refractivity contribution is -0.136. The number of aryl methyl sites for hydroxylation is 1. The van der Waals surface area contributed by atoms with Crippen LogP contribution in [0.2, 0.25) is 0 Å². The van der Waals surface area contributed by atoms with Gasteiger partial charge in [-0.25, -0.2) is 4.98 Å². The zero-order chi connectivity index (χ0) is 24.5. The fraction of sp³-hybridized carbons (Fsp3) is 0.478. The molecule has 0 bridgehead atoms. The molecule has 3 rings (SSSR count). The first-order valence-corrected chi connectivity index (χ1v) is 11.6. The van der Waals surface area contributed by atoms with Gasteiger partial charge in [0.25, 0.3) is 0 Å². The molecule has 1 aromatic heterocycles. The lowest BCUT2D eigenvalue weighted by atomic mass is 9.75. The number of hydrogen-bond donors (Lipinski definition) is 4. The minimum Gasteiger partial charge on any atom is -0.426 e. The van der Waals surface area contributed by atoms with E-state index in [9.17, 15) is 24.4 Å². The Bertz CT molecular complexity index is 940. The molecule has 11 heteroatoms. The number of nitrogens with zero attached hydrogens (tertiary/aromatic N) is 3. The van der Waals surface area contributed by atoms with E-state index in [0.717, 1.165) is 5.56 Å². The van der Waals surface area contributed by atoms with Crippen molar-refractivity contribution in [3.63, 3.8) is 0 Å². The molecule has 0 aliphatic carbocycles. The molecule has 1 fully saturated rings. The van der Waals surface area contributed by atoms with Gasteiger partial charge in [0.05, 0.1) is 12.4 Å². The monoisotopic (exact) mass is 469 g/mol. The molecular formula is C23H32BN5O5. The molecule has 2 aromatic rings. The van der Waals surface area contributed by atoms with Crippen molar-refractivity contribution in [3.8, 4) is 0 Å². The summed E-state index contributed by atoms with van der Waals surface area (Å²) in [5, 5.41) is 25.1. The Kier molecular flexibility index (Phi) is 9.37. The Balaban J connectivity index is 1.62. The standard InChI is InChI=1S/C23H32BN5O5/c1-17(30)26-19(15-18-7-3-2-4-8-18)22(31)27-23(32)20-9-5-13-29(20)21(24(33)34)10-6-12-28-14-11-25-16-28/h2-4,7-8,11,14,16,19-21,33-34H,5-6,9-10,12-13,15H2,1H3,(H,26,30)(H,27,31,32)/t19-,20+,21+/m1/s1. The number of benzene rings is 1. The van der Waals surface area contributed by atoms with Crippen LogP contribution in [0, 0.1) is 0 Å². The van der Waals surface area contributed by atoms with Crippen molar-refractivity contribution >= 4 is 24.8 Å². The number of carbonyl (C=O) groups is 3. The summed E-state index contributed by atoms with van der Waals surface area (Å²) in [6.45, 7) is 2.52. The summed E-state index contributed by atoms with van der Waals surface area (Å²) in [6.07, 6.45) is 7.82. The van der Waals surface area contributed by atoms with Gasteiger partial charge in [0.2, 0.25) is 17.7 Å². The first-order valence-electron chi connectivity index (χ1n) is 11.6. The molecule has 0 radical (unpaired) electrons. The molecule has 10 nitrogen and oxygen atoms in total. The smallest absolute Gasteiger partial charge is 0.426 e. The molecule has 1 saturated heterocycles. The van der Waals surface area contributed by atoms with Crippen LogP contribution in [0.15, 0.2) is 49.1 Å². The first kappa shape index (κ1) is 25.6. The lowest BCUT2D eigenvalue weighted by Crippen LogP contribution is -2.56. The third-order valence-corrected chi connectivity index (χ3v) is 6.07. The number of imide groups is 1. The predicted octanol–water partition coefficient (Wildman–Crippen LogP) is -0.101. The number of aromatic nitrogens is 2. The molecule has 1 aliphatic rings. The van der Waals surface area contributed by atoms with Crippen molar-refractivity contribution < 1.29 is 24.4 Å². The van der Waals surface area contributed by atoms with E-state index >= 15 is 0 Å². The van der Waals surface area contributed by atoms with Gasteiger partial charge in [0, 0.05) is 38.2 Å². The highest BCUT2D eigenvalue weighted by atomic mass is 16.4. The van der Waals surface area contributed by atoms with E-state index in [-0.39, 0.29) is 12.3 Å². The summed E-state index contributed by atoms with van der Waals surface area (Å²) >= 11 is 0. The van der Waals surface area contributed by atoms with E-state index in [4.69, 9.17) is 0 Å². The highest BCUT2D eigenvalue weighted by Gasteiger charge is 2.40. The first-order chi connectivity index (χ1) is 16.3. The Morgan fingerprint density at radius 3 is 2.65 bits per heavy atom. The van der Waals surface area contributed by atoms with Gasteiger partial charge in [-0.15, -0.1) is 0 Å². The van der Waals surface area contributed by atoms with Gasteiger partial charge < -0.3 is 19.9 Å². The number of hydrogen-bond acceptors (Lipinski definition) is 7. The number of imidazole rings is 1. The zero-order valence-corrected chi connectivity index (χ0v) is 19.3. The van der Waals surface area contributed by atoms with Crippen LogP contribution >= 0.6 is 0 Å². The molecule has 34 heavy (non-hydrogen) atoms. The van der Waals surface area contributed by atoms with Crippen molar-refractivity contribution in [2.24, 2.45) is 0 Å². The van der Waals surface area contributed by atoms with Crippen LogP contribution in [0.3, 0.4) is 0 Å². The maximum Gasteiger partial charge on any atom is 0.469 e. The summed E-state index contributed by atoms with van der Waals surface area (Å²) < 4.78 is 1.91. The minimum absolute atomic E-state index is 0.250. The Hall–Kier alpha value is -3.02. The third kappa shape index (κ3) is 7.24. The molecule has 2 heterocycles. The van der Waals surface area contributed by atoms with Crippen LogP contribution in [0.4, 0.5) is 0 Å². The van der Waals surface area contributed by atoms with Gasteiger partial charge in [-0.3, -0.25) is 24.6 Å². The van der Waals surface area contributed by atoms with Crippen LogP contribution < -0.4 is 10.6 Å². The SMILES string of the molecule is CC(=O)N[C@H](Cc1ccccc1)C(=O)NC(=O)[C@@H]1CCCN1[C@@H](CCCn1ccnc1)B(O)O. The van der Waals surface area contributed by atoms with Crippen LogP contribution in [0.25, 0.3) is 0 Å². The Labute approximate surface area is 199 Å². The number of rotatable bonds is 11. The maximum atomic E-state index is 13.0. The second-order valence-electron chi connectivity index (χ2n) is 8.62. The number of likely N-dealkylation sites (tertiary alicyclic amines) is 1. The molecule has 1 aliphatic heterocycles. The average molecular weight is 469 g/mol. The number of carbonyl (C=O) groups excluding carboxylic acids is 3. The van der Waals surface area contributed by atoms with Crippen molar-refractivity contribution in [1.29, 1.82) is 0 Å². The number of amides is 3. The molecule has 0 saturated carbocycles. The van der Waals surface area contributed by atoms with Gasteiger partial charge >= 0.3 is 7.12 Å². The van der Waals surface area contributed by atoms with E-state index in [1.807, 2.05) is 41.1 Å². The molecule has 182 valence electrons. The van der Waals surface area contributed by atoms with Gasteiger partial charge in [0.15, 0.2) is 0 Å². The highest BCUT2D eigenvalue weighted by molar-refractivity contribution is 6.43. The van der Waals surface area contributed by atoms with E-state index in [1.165, 1.54) is 6.92 Å². The van der Waals surface area contributed by atoms with Crippen LogP contribution in [0.5, 0.6) is 0 Å². The van der Waals surface area contributed by atoms with Crippen LogP contribution in [0.1, 0.15) is 38.2 Å². The lowest BCUT2D eigenvalue weighted by Gasteiger charge is -2.32. The van der Waals surface area contributed by atoms with Gasteiger partial charge in [-0.2, -0.15) is 0 Å². The van der Waals surface area contributed by atoms with Crippen LogP contribution in [-0.2, 0) is 27.3 Å². The molecule has 3 amide bonds. The summed E-state index contributed by atoms with van der Waals surface area (Å²) in [4.78, 5) is 43.3. The predicted molar refractivity (Wildman–Crippen MR) is 126 cm³/mol. The van der Waals surface area contributed by atoms with Crippen molar-refractivity contribution in [2.75, 3.05) is 6.54 Å². The fourth-order valence-corrected chi connectivity index (χ4v) is 4.45. The van der Waals surface area contributed by atoms with E-state index in [2.05, 4.69) is 15.6 Å². The molecule has 3 atom stereocenters. The summed E-state index contributed by atoms with van der Waals surface area (Å²) in [5.41, 5.74) is 0.854. The molecular weight excluding hydrogens is 437 g/mol. The zero-order valence-electron chi connectivity index (χ0n) is 19.3. The second kappa shape index (κ2) is 12.4. The largest absolute Gasteiger partial charge is 0.469 e. The Morgan fingerprint density at radius 2 is 2.00 bits per heavy atom. The number of nitrogens with one attached hydrogen (secondary N) is 2. The van der Waals surface area contributed by atoms with Crippen molar-refractivity contribution in [3.05, 3.63) is 54.6 Å². The fourth-order valence-electron chi connectivity index (χ4n) is 4.45.